The van der Waals surface area contributed by atoms with Crippen LogP contribution < -0.4 is 14.8 Å². The highest BCUT2D eigenvalue weighted by molar-refractivity contribution is 5.97. The number of carboxylic acids is 1. The summed E-state index contributed by atoms with van der Waals surface area (Å²) in [6.07, 6.45) is 0. The van der Waals surface area contributed by atoms with Gasteiger partial charge in [-0.25, -0.2) is 4.79 Å². The van der Waals surface area contributed by atoms with Crippen molar-refractivity contribution in [2.24, 2.45) is 0 Å². The number of hydrogen-bond donors (Lipinski definition) is 2. The average molecular weight is 355 g/mol. The topological polar surface area (TPSA) is 98.0 Å². The van der Waals surface area contributed by atoms with Crippen LogP contribution in [0.2, 0.25) is 0 Å². The van der Waals surface area contributed by atoms with Crippen molar-refractivity contribution in [3.8, 4) is 11.5 Å². The zero-order chi connectivity index (χ0) is 18.6. The van der Waals surface area contributed by atoms with Crippen LogP contribution in [0, 0.1) is 6.92 Å². The number of alkyl halides is 2. The van der Waals surface area contributed by atoms with Crippen molar-refractivity contribution in [3.05, 3.63) is 46.9 Å². The number of furan rings is 1. The predicted octanol–water partition coefficient (Wildman–Crippen LogP) is 2.83. The van der Waals surface area contributed by atoms with Crippen LogP contribution in [-0.2, 0) is 6.54 Å². The first kappa shape index (κ1) is 18.2. The fourth-order valence-corrected chi connectivity index (χ4v) is 2.17. The van der Waals surface area contributed by atoms with Crippen LogP contribution in [-0.4, -0.2) is 30.7 Å². The summed E-state index contributed by atoms with van der Waals surface area (Å²) in [6.45, 7) is -1.78. The van der Waals surface area contributed by atoms with Gasteiger partial charge in [0.25, 0.3) is 5.91 Å². The lowest BCUT2D eigenvalue weighted by Crippen LogP contribution is -2.24. The first-order valence-electron chi connectivity index (χ1n) is 7.06. The van der Waals surface area contributed by atoms with Crippen LogP contribution in [0.4, 0.5) is 8.78 Å². The molecule has 1 amide bonds. The number of aromatic carboxylic acids is 1. The molecule has 0 bridgehead atoms. The summed E-state index contributed by atoms with van der Waals surface area (Å²) < 4.78 is 39.7. The molecule has 7 nitrogen and oxygen atoms in total. The first-order valence-corrected chi connectivity index (χ1v) is 7.06. The van der Waals surface area contributed by atoms with Gasteiger partial charge in [-0.1, -0.05) is 6.07 Å². The Labute approximate surface area is 141 Å². The summed E-state index contributed by atoms with van der Waals surface area (Å²) in [5.41, 5.74) is -0.172. The number of carbonyl (C=O) groups is 2. The van der Waals surface area contributed by atoms with Gasteiger partial charge in [-0.3, -0.25) is 4.79 Å². The van der Waals surface area contributed by atoms with E-state index in [4.69, 9.17) is 14.3 Å². The number of halogens is 2. The van der Waals surface area contributed by atoms with E-state index in [2.05, 4.69) is 10.1 Å². The van der Waals surface area contributed by atoms with Crippen LogP contribution in [0.25, 0.3) is 0 Å². The molecule has 0 fully saturated rings. The summed E-state index contributed by atoms with van der Waals surface area (Å²) in [7, 11) is 1.26. The molecule has 0 saturated carbocycles. The number of carbonyl (C=O) groups excluding carboxylic acids is 1. The Morgan fingerprint density at radius 3 is 2.60 bits per heavy atom. The highest BCUT2D eigenvalue weighted by atomic mass is 19.3. The fourth-order valence-electron chi connectivity index (χ4n) is 2.17. The Bertz CT molecular complexity index is 787. The highest BCUT2D eigenvalue weighted by Gasteiger charge is 2.21. The van der Waals surface area contributed by atoms with Crippen LogP contribution in [0.1, 0.15) is 32.2 Å². The number of methoxy groups -OCH3 is 1. The van der Waals surface area contributed by atoms with Crippen molar-refractivity contribution in [1.29, 1.82) is 0 Å². The summed E-state index contributed by atoms with van der Waals surface area (Å²) >= 11 is 0. The molecule has 2 rings (SSSR count). The van der Waals surface area contributed by atoms with Crippen LogP contribution >= 0.6 is 0 Å². The predicted molar refractivity (Wildman–Crippen MR) is 81.2 cm³/mol. The Morgan fingerprint density at radius 1 is 1.32 bits per heavy atom. The van der Waals surface area contributed by atoms with E-state index in [1.807, 2.05) is 0 Å². The van der Waals surface area contributed by atoms with Gasteiger partial charge in [0.05, 0.1) is 19.2 Å². The van der Waals surface area contributed by atoms with E-state index in [-0.39, 0.29) is 40.7 Å². The first-order chi connectivity index (χ1) is 11.8. The quantitative estimate of drug-likeness (QED) is 0.793. The summed E-state index contributed by atoms with van der Waals surface area (Å²) in [4.78, 5) is 23.2. The number of hydrogen-bond acceptors (Lipinski definition) is 5. The fraction of sp³-hybridized carbons (Fsp3) is 0.250. The van der Waals surface area contributed by atoms with Crippen molar-refractivity contribution in [2.45, 2.75) is 20.1 Å². The van der Waals surface area contributed by atoms with Crippen LogP contribution in [0.15, 0.2) is 28.7 Å². The van der Waals surface area contributed by atoms with Gasteiger partial charge in [-0.05, 0) is 25.1 Å². The normalized spacial score (nSPS) is 10.6. The van der Waals surface area contributed by atoms with E-state index in [1.165, 1.54) is 38.3 Å². The van der Waals surface area contributed by atoms with Crippen molar-refractivity contribution in [2.75, 3.05) is 7.11 Å². The second-order valence-corrected chi connectivity index (χ2v) is 4.89. The lowest BCUT2D eigenvalue weighted by molar-refractivity contribution is -0.0515. The number of aryl methyl sites for hydroxylation is 1. The molecular weight excluding hydrogens is 340 g/mol. The molecule has 25 heavy (non-hydrogen) atoms. The maximum atomic E-state index is 12.6. The van der Waals surface area contributed by atoms with E-state index in [1.54, 1.807) is 0 Å². The third-order valence-corrected chi connectivity index (χ3v) is 3.27. The molecule has 0 aliphatic rings. The number of rotatable bonds is 7. The molecular formula is C16H15F2NO6. The van der Waals surface area contributed by atoms with Crippen LogP contribution in [0.5, 0.6) is 11.5 Å². The van der Waals surface area contributed by atoms with Gasteiger partial charge in [0, 0.05) is 0 Å². The molecule has 2 N–H and O–H groups in total. The van der Waals surface area contributed by atoms with E-state index in [0.29, 0.717) is 0 Å². The molecule has 0 unspecified atom stereocenters. The lowest BCUT2D eigenvalue weighted by atomic mass is 10.1. The van der Waals surface area contributed by atoms with Crippen molar-refractivity contribution >= 4 is 11.9 Å². The molecule has 9 heteroatoms. The van der Waals surface area contributed by atoms with Gasteiger partial charge < -0.3 is 24.3 Å². The SMILES string of the molecule is COc1cccc(C(=O)NCc2cc(C(=O)O)c(C)o2)c1OC(F)F. The number of ether oxygens (including phenoxy) is 2. The zero-order valence-electron chi connectivity index (χ0n) is 13.3. The molecule has 0 saturated heterocycles. The van der Waals surface area contributed by atoms with E-state index in [9.17, 15) is 18.4 Å². The number of amides is 1. The molecule has 0 aliphatic carbocycles. The molecule has 0 spiro atoms. The minimum Gasteiger partial charge on any atom is -0.493 e. The standard InChI is InChI=1S/C16H15F2NO6/c1-8-11(15(21)22)6-9(24-8)7-19-14(20)10-4-3-5-12(23-2)13(10)25-16(17)18/h3-6,16H,7H2,1-2H3,(H,19,20)(H,21,22). The Hall–Kier alpha value is -3.10. The molecule has 0 aliphatic heterocycles. The number of benzene rings is 1. The molecule has 0 atom stereocenters. The van der Waals surface area contributed by atoms with Crippen LogP contribution in [0.3, 0.4) is 0 Å². The van der Waals surface area contributed by atoms with Gasteiger partial charge >= 0.3 is 12.6 Å². The van der Waals surface area contributed by atoms with E-state index >= 15 is 0 Å². The van der Waals surface area contributed by atoms with E-state index < -0.39 is 18.5 Å². The Kier molecular flexibility index (Phi) is 5.58. The second kappa shape index (κ2) is 7.65. The van der Waals surface area contributed by atoms with Crippen molar-refractivity contribution < 1.29 is 37.4 Å². The van der Waals surface area contributed by atoms with Gasteiger partial charge in [0.1, 0.15) is 17.1 Å². The van der Waals surface area contributed by atoms with Crippen molar-refractivity contribution in [1.82, 2.24) is 5.32 Å². The summed E-state index contributed by atoms with van der Waals surface area (Å²) in [6, 6.07) is 5.40. The third kappa shape index (κ3) is 4.25. The third-order valence-electron chi connectivity index (χ3n) is 3.27. The number of nitrogens with one attached hydrogen (secondary N) is 1. The van der Waals surface area contributed by atoms with Gasteiger partial charge in [-0.15, -0.1) is 0 Å². The van der Waals surface area contributed by atoms with Crippen molar-refractivity contribution in [3.63, 3.8) is 0 Å². The smallest absolute Gasteiger partial charge is 0.387 e. The molecule has 2 aromatic rings. The van der Waals surface area contributed by atoms with Gasteiger partial charge in [0.15, 0.2) is 11.5 Å². The molecule has 1 heterocycles. The zero-order valence-corrected chi connectivity index (χ0v) is 13.3. The maximum Gasteiger partial charge on any atom is 0.387 e. The van der Waals surface area contributed by atoms with Gasteiger partial charge in [-0.2, -0.15) is 8.78 Å². The van der Waals surface area contributed by atoms with E-state index in [0.717, 1.165) is 0 Å². The molecule has 0 radical (unpaired) electrons. The second-order valence-electron chi connectivity index (χ2n) is 4.89. The summed E-state index contributed by atoms with van der Waals surface area (Å²) in [5, 5.41) is 11.4. The Balaban J connectivity index is 2.18. The Morgan fingerprint density at radius 2 is 2.04 bits per heavy atom. The summed E-state index contributed by atoms with van der Waals surface area (Å²) in [5.74, 6) is -1.86. The largest absolute Gasteiger partial charge is 0.493 e. The number of para-hydroxylation sites is 1. The average Bonchev–Trinajstić information content (AvgIpc) is 2.93. The lowest BCUT2D eigenvalue weighted by Gasteiger charge is -2.14. The minimum absolute atomic E-state index is 0.0186. The molecule has 134 valence electrons. The molecule has 1 aromatic carbocycles. The number of carboxylic acid groups (broad SMARTS) is 1. The van der Waals surface area contributed by atoms with Gasteiger partial charge in [0.2, 0.25) is 0 Å². The molecule has 1 aromatic heterocycles. The minimum atomic E-state index is -3.13. The highest BCUT2D eigenvalue weighted by Crippen LogP contribution is 2.32. The monoisotopic (exact) mass is 355 g/mol. The maximum absolute atomic E-state index is 12.6.